The molecule has 3 rings (SSSR count). The number of nitrogens with one attached hydrogen (secondary N) is 1. The summed E-state index contributed by atoms with van der Waals surface area (Å²) in [4.78, 5) is 0.147. The Morgan fingerprint density at radius 3 is 2.63 bits per heavy atom. The van der Waals surface area contributed by atoms with Crippen molar-refractivity contribution < 1.29 is 23.0 Å². The van der Waals surface area contributed by atoms with E-state index >= 15 is 0 Å². The molecular formula is C20H30N4O5S. The molecule has 1 aromatic carbocycles. The lowest BCUT2D eigenvalue weighted by atomic mass is 9.98. The Kier molecular flexibility index (Phi) is 7.45. The van der Waals surface area contributed by atoms with Gasteiger partial charge in [-0.3, -0.25) is 4.68 Å². The number of sulfonamides is 1. The fraction of sp³-hybridized carbons (Fsp3) is 0.600. The molecule has 1 fully saturated rings. The maximum Gasteiger partial charge on any atom is 0.240 e. The maximum absolute atomic E-state index is 12.7. The van der Waals surface area contributed by atoms with Crippen molar-refractivity contribution in [2.24, 2.45) is 0 Å². The number of hydrogen-bond acceptors (Lipinski definition) is 7. The SMILES string of the molecule is COc1ccc(S(=O)(=O)N[C@H]2CC[C@H](CCn3cc(C(C)C)nn3)O[C@H]2CO)cc1. The van der Waals surface area contributed by atoms with Crippen LogP contribution in [-0.2, 0) is 21.3 Å². The number of aliphatic hydroxyl groups is 1. The average Bonchev–Trinajstić information content (AvgIpc) is 3.22. The Labute approximate surface area is 177 Å². The molecule has 0 saturated carbocycles. The number of nitrogens with zero attached hydrogens (tertiary/aromatic N) is 3. The van der Waals surface area contributed by atoms with Crippen LogP contribution >= 0.6 is 0 Å². The first kappa shape index (κ1) is 22.7. The topological polar surface area (TPSA) is 116 Å². The van der Waals surface area contributed by atoms with E-state index in [9.17, 15) is 13.5 Å². The number of benzene rings is 1. The lowest BCUT2D eigenvalue weighted by Crippen LogP contribution is -2.50. The molecule has 0 radical (unpaired) electrons. The summed E-state index contributed by atoms with van der Waals surface area (Å²) in [5.74, 6) is 0.904. The minimum atomic E-state index is -3.73. The normalized spacial score (nSPS) is 22.4. The average molecular weight is 439 g/mol. The fourth-order valence-corrected chi connectivity index (χ4v) is 4.76. The van der Waals surface area contributed by atoms with Crippen LogP contribution in [0.4, 0.5) is 0 Å². The Balaban J connectivity index is 1.56. The van der Waals surface area contributed by atoms with Crippen molar-refractivity contribution in [2.75, 3.05) is 13.7 Å². The molecule has 2 aromatic rings. The van der Waals surface area contributed by atoms with E-state index in [1.54, 1.807) is 16.8 Å². The van der Waals surface area contributed by atoms with E-state index in [0.717, 1.165) is 12.1 Å². The third-order valence-corrected chi connectivity index (χ3v) is 6.81. The van der Waals surface area contributed by atoms with Gasteiger partial charge < -0.3 is 14.6 Å². The van der Waals surface area contributed by atoms with Crippen molar-refractivity contribution in [2.45, 2.75) is 68.7 Å². The maximum atomic E-state index is 12.7. The minimum Gasteiger partial charge on any atom is -0.497 e. The minimum absolute atomic E-state index is 0.0735. The number of aliphatic hydroxyl groups excluding tert-OH is 1. The molecule has 1 saturated heterocycles. The van der Waals surface area contributed by atoms with Gasteiger partial charge in [0.05, 0.1) is 42.6 Å². The first-order valence-electron chi connectivity index (χ1n) is 10.1. The van der Waals surface area contributed by atoms with Gasteiger partial charge in [0.25, 0.3) is 0 Å². The van der Waals surface area contributed by atoms with Crippen LogP contribution in [0.15, 0.2) is 35.4 Å². The Hall–Kier alpha value is -2.01. The second-order valence-corrected chi connectivity index (χ2v) is 9.52. The van der Waals surface area contributed by atoms with E-state index < -0.39 is 22.2 Å². The third kappa shape index (κ3) is 5.57. The quantitative estimate of drug-likeness (QED) is 0.612. The van der Waals surface area contributed by atoms with E-state index in [1.165, 1.54) is 19.2 Å². The Morgan fingerprint density at radius 1 is 1.30 bits per heavy atom. The lowest BCUT2D eigenvalue weighted by molar-refractivity contribution is -0.0891. The van der Waals surface area contributed by atoms with E-state index in [4.69, 9.17) is 9.47 Å². The highest BCUT2D eigenvalue weighted by atomic mass is 32.2. The molecule has 1 aliphatic heterocycles. The van der Waals surface area contributed by atoms with E-state index in [2.05, 4.69) is 28.9 Å². The van der Waals surface area contributed by atoms with Gasteiger partial charge in [-0.05, 0) is 49.4 Å². The lowest BCUT2D eigenvalue weighted by Gasteiger charge is -2.36. The van der Waals surface area contributed by atoms with Crippen molar-refractivity contribution in [3.05, 3.63) is 36.2 Å². The highest BCUT2D eigenvalue weighted by Gasteiger charge is 2.34. The second-order valence-electron chi connectivity index (χ2n) is 7.81. The van der Waals surface area contributed by atoms with Gasteiger partial charge in [-0.25, -0.2) is 13.1 Å². The van der Waals surface area contributed by atoms with Crippen LogP contribution in [0.3, 0.4) is 0 Å². The summed E-state index contributed by atoms with van der Waals surface area (Å²) in [6.45, 7) is 4.53. The van der Waals surface area contributed by atoms with Crippen molar-refractivity contribution in [3.8, 4) is 5.75 Å². The van der Waals surface area contributed by atoms with Gasteiger partial charge in [0.2, 0.25) is 10.0 Å². The molecule has 30 heavy (non-hydrogen) atoms. The fourth-order valence-electron chi connectivity index (χ4n) is 3.46. The van der Waals surface area contributed by atoms with Gasteiger partial charge in [0, 0.05) is 12.7 Å². The standard InChI is InChI=1S/C20H30N4O5S/c1-14(2)19-12-24(23-21-19)11-10-16-6-9-18(20(13-25)29-16)22-30(26,27)17-7-4-15(28-3)5-8-17/h4-5,7-8,12,14,16,18,20,22,25H,6,9-11,13H2,1-3H3/t16-,18+,20+/m1/s1. The largest absolute Gasteiger partial charge is 0.497 e. The van der Waals surface area contributed by atoms with Crippen molar-refractivity contribution in [1.29, 1.82) is 0 Å². The van der Waals surface area contributed by atoms with Gasteiger partial charge in [-0.15, -0.1) is 5.10 Å². The summed E-state index contributed by atoms with van der Waals surface area (Å²) < 4.78 is 40.9. The van der Waals surface area contributed by atoms with Crippen LogP contribution < -0.4 is 9.46 Å². The van der Waals surface area contributed by atoms with E-state index in [-0.39, 0.29) is 17.6 Å². The molecule has 10 heteroatoms. The van der Waals surface area contributed by atoms with Gasteiger partial charge in [0.1, 0.15) is 5.75 Å². The molecule has 0 bridgehead atoms. The molecule has 1 aliphatic rings. The second kappa shape index (κ2) is 9.86. The van der Waals surface area contributed by atoms with Crippen molar-refractivity contribution in [1.82, 2.24) is 19.7 Å². The van der Waals surface area contributed by atoms with Gasteiger partial charge in [0.15, 0.2) is 0 Å². The summed E-state index contributed by atoms with van der Waals surface area (Å²) in [5, 5.41) is 18.0. The summed E-state index contributed by atoms with van der Waals surface area (Å²) in [5.41, 5.74) is 0.945. The first-order chi connectivity index (χ1) is 14.3. The van der Waals surface area contributed by atoms with Gasteiger partial charge >= 0.3 is 0 Å². The van der Waals surface area contributed by atoms with Crippen LogP contribution in [0.25, 0.3) is 0 Å². The predicted octanol–water partition coefficient (Wildman–Crippen LogP) is 1.69. The number of aryl methyl sites for hydroxylation is 1. The van der Waals surface area contributed by atoms with Crippen LogP contribution in [0, 0.1) is 0 Å². The number of rotatable bonds is 9. The predicted molar refractivity (Wildman–Crippen MR) is 111 cm³/mol. The Morgan fingerprint density at radius 2 is 2.03 bits per heavy atom. The van der Waals surface area contributed by atoms with Crippen molar-refractivity contribution in [3.63, 3.8) is 0 Å². The summed E-state index contributed by atoms with van der Waals surface area (Å²) in [7, 11) is -2.20. The number of ether oxygens (including phenoxy) is 2. The van der Waals surface area contributed by atoms with Crippen LogP contribution in [-0.4, -0.2) is 60.5 Å². The first-order valence-corrected chi connectivity index (χ1v) is 11.6. The number of aromatic nitrogens is 3. The van der Waals surface area contributed by atoms with E-state index in [0.29, 0.717) is 31.1 Å². The molecule has 166 valence electrons. The molecule has 2 heterocycles. The molecule has 9 nitrogen and oxygen atoms in total. The third-order valence-electron chi connectivity index (χ3n) is 5.30. The van der Waals surface area contributed by atoms with Gasteiger partial charge in [-0.2, -0.15) is 0 Å². The summed E-state index contributed by atoms with van der Waals surface area (Å²) >= 11 is 0. The monoisotopic (exact) mass is 438 g/mol. The molecule has 0 unspecified atom stereocenters. The van der Waals surface area contributed by atoms with Crippen LogP contribution in [0.5, 0.6) is 5.75 Å². The smallest absolute Gasteiger partial charge is 0.240 e. The summed E-state index contributed by atoms with van der Waals surface area (Å²) in [6.07, 6.45) is 3.25. The molecule has 0 aliphatic carbocycles. The Bertz CT molecular complexity index is 914. The number of hydrogen-bond donors (Lipinski definition) is 2. The highest BCUT2D eigenvalue weighted by molar-refractivity contribution is 7.89. The molecule has 1 aromatic heterocycles. The highest BCUT2D eigenvalue weighted by Crippen LogP contribution is 2.24. The molecular weight excluding hydrogens is 408 g/mol. The zero-order valence-corrected chi connectivity index (χ0v) is 18.4. The number of methoxy groups -OCH3 is 1. The molecule has 3 atom stereocenters. The van der Waals surface area contributed by atoms with Gasteiger partial charge in [-0.1, -0.05) is 19.1 Å². The van der Waals surface area contributed by atoms with E-state index in [1.807, 2.05) is 6.20 Å². The molecule has 2 N–H and O–H groups in total. The summed E-state index contributed by atoms with van der Waals surface area (Å²) in [6, 6.07) is 5.69. The zero-order chi connectivity index (χ0) is 21.7. The van der Waals surface area contributed by atoms with Crippen LogP contribution in [0.1, 0.15) is 44.7 Å². The zero-order valence-electron chi connectivity index (χ0n) is 17.6. The van der Waals surface area contributed by atoms with Crippen molar-refractivity contribution >= 4 is 10.0 Å². The van der Waals surface area contributed by atoms with Crippen LogP contribution in [0.2, 0.25) is 0 Å². The molecule has 0 spiro atoms. The molecule has 0 amide bonds.